The van der Waals surface area contributed by atoms with Gasteiger partial charge in [0.05, 0.1) is 16.3 Å². The Balaban J connectivity index is 1.88. The summed E-state index contributed by atoms with van der Waals surface area (Å²) in [6, 6.07) is 13.7. The van der Waals surface area contributed by atoms with Gasteiger partial charge in [-0.1, -0.05) is 44.5 Å². The first kappa shape index (κ1) is 26.6. The Hall–Kier alpha value is -4.01. The average molecular weight is 492 g/mol. The number of carbonyl (C=O) groups is 2. The Bertz CT molecular complexity index is 1290. The number of aryl methyl sites for hydroxylation is 2. The highest BCUT2D eigenvalue weighted by atomic mass is 16.6. The van der Waals surface area contributed by atoms with Gasteiger partial charge < -0.3 is 10.2 Å². The summed E-state index contributed by atoms with van der Waals surface area (Å²) in [5.74, 6) is -0.353. The van der Waals surface area contributed by atoms with Crippen LogP contribution in [0.3, 0.4) is 0 Å². The third-order valence-electron chi connectivity index (χ3n) is 5.87. The maximum atomic E-state index is 13.2. The third kappa shape index (κ3) is 5.97. The van der Waals surface area contributed by atoms with Gasteiger partial charge in [-0.2, -0.15) is 5.10 Å². The van der Waals surface area contributed by atoms with Gasteiger partial charge in [0.2, 0.25) is 5.91 Å². The van der Waals surface area contributed by atoms with Crippen LogP contribution in [0.15, 0.2) is 48.5 Å². The van der Waals surface area contributed by atoms with Crippen LogP contribution in [0.25, 0.3) is 5.69 Å². The van der Waals surface area contributed by atoms with E-state index in [9.17, 15) is 19.7 Å². The van der Waals surface area contributed by atoms with Crippen molar-refractivity contribution < 1.29 is 14.5 Å². The molecule has 0 unspecified atom stereocenters. The number of hydrogen-bond donors (Lipinski definition) is 1. The van der Waals surface area contributed by atoms with E-state index in [1.54, 1.807) is 31.5 Å². The molecular formula is C27H33N5O4. The summed E-state index contributed by atoms with van der Waals surface area (Å²) in [5.41, 5.74) is 2.96. The molecule has 0 radical (unpaired) electrons. The van der Waals surface area contributed by atoms with E-state index in [0.29, 0.717) is 11.4 Å². The lowest BCUT2D eigenvalue weighted by atomic mass is 9.92. The predicted octanol–water partition coefficient (Wildman–Crippen LogP) is 5.18. The number of hydrogen-bond acceptors (Lipinski definition) is 5. The predicted molar refractivity (Wildman–Crippen MR) is 140 cm³/mol. The summed E-state index contributed by atoms with van der Waals surface area (Å²) in [7, 11) is 0. The zero-order valence-electron chi connectivity index (χ0n) is 21.8. The Morgan fingerprint density at radius 3 is 2.28 bits per heavy atom. The van der Waals surface area contributed by atoms with Crippen molar-refractivity contribution in [2.45, 2.75) is 59.9 Å². The van der Waals surface area contributed by atoms with E-state index in [4.69, 9.17) is 5.10 Å². The fraction of sp³-hybridized carbons (Fsp3) is 0.370. The van der Waals surface area contributed by atoms with Crippen molar-refractivity contribution in [3.8, 4) is 5.69 Å². The van der Waals surface area contributed by atoms with Crippen LogP contribution in [0.1, 0.15) is 61.8 Å². The van der Waals surface area contributed by atoms with Gasteiger partial charge in [-0.3, -0.25) is 19.7 Å². The summed E-state index contributed by atoms with van der Waals surface area (Å²) in [6.07, 6.45) is 0. The van der Waals surface area contributed by atoms with Gasteiger partial charge in [0, 0.05) is 34.7 Å². The molecular weight excluding hydrogens is 458 g/mol. The Morgan fingerprint density at radius 1 is 1.08 bits per heavy atom. The van der Waals surface area contributed by atoms with Gasteiger partial charge >= 0.3 is 0 Å². The molecule has 1 N–H and O–H groups in total. The van der Waals surface area contributed by atoms with Crippen LogP contribution in [-0.2, 0) is 10.2 Å². The number of benzene rings is 2. The van der Waals surface area contributed by atoms with Crippen LogP contribution in [0.4, 0.5) is 11.5 Å². The van der Waals surface area contributed by atoms with E-state index >= 15 is 0 Å². The van der Waals surface area contributed by atoms with Crippen molar-refractivity contribution in [3.63, 3.8) is 0 Å². The van der Waals surface area contributed by atoms with E-state index in [1.807, 2.05) is 58.0 Å². The second kappa shape index (κ2) is 10.3. The van der Waals surface area contributed by atoms with Crippen molar-refractivity contribution in [1.29, 1.82) is 0 Å². The summed E-state index contributed by atoms with van der Waals surface area (Å²) in [5, 5.41) is 19.0. The number of nitrogens with one attached hydrogen (secondary N) is 1. The van der Waals surface area contributed by atoms with Crippen molar-refractivity contribution >= 4 is 23.3 Å². The number of anilines is 1. The number of nitrogens with zero attached hydrogens (tertiary/aromatic N) is 4. The van der Waals surface area contributed by atoms with E-state index < -0.39 is 16.7 Å². The zero-order chi connectivity index (χ0) is 26.8. The fourth-order valence-electron chi connectivity index (χ4n) is 3.65. The van der Waals surface area contributed by atoms with Gasteiger partial charge in [0.25, 0.3) is 11.6 Å². The fourth-order valence-corrected chi connectivity index (χ4v) is 3.65. The van der Waals surface area contributed by atoms with Crippen LogP contribution in [0.5, 0.6) is 0 Å². The molecule has 2 amide bonds. The van der Waals surface area contributed by atoms with Crippen LogP contribution in [-0.4, -0.2) is 44.0 Å². The standard InChI is InChI=1S/C27H33N5O4/c1-17(2)30(26(34)20-11-10-19(4)22(14-20)32(35)36)16-25(33)28-24-15-23(27(5,6)7)29-31(24)21-12-8-18(3)9-13-21/h8-15,17H,16H2,1-7H3,(H,28,33). The summed E-state index contributed by atoms with van der Waals surface area (Å²) in [4.78, 5) is 38.6. The minimum atomic E-state index is -0.516. The first-order valence-electron chi connectivity index (χ1n) is 11.8. The molecule has 0 fully saturated rings. The number of amides is 2. The third-order valence-corrected chi connectivity index (χ3v) is 5.87. The molecule has 190 valence electrons. The largest absolute Gasteiger partial charge is 0.327 e. The maximum absolute atomic E-state index is 13.2. The molecule has 0 aliphatic heterocycles. The lowest BCUT2D eigenvalue weighted by Crippen LogP contribution is -2.42. The SMILES string of the molecule is Cc1ccc(-n2nc(C(C)(C)C)cc2NC(=O)CN(C(=O)c2ccc(C)c([N+](=O)[O-])c2)C(C)C)cc1. The van der Waals surface area contributed by atoms with Crippen LogP contribution < -0.4 is 5.32 Å². The molecule has 0 aliphatic carbocycles. The average Bonchev–Trinajstić information content (AvgIpc) is 3.21. The van der Waals surface area contributed by atoms with Gasteiger partial charge in [-0.05, 0) is 45.9 Å². The number of aromatic nitrogens is 2. The van der Waals surface area contributed by atoms with Gasteiger partial charge in [0.1, 0.15) is 12.4 Å². The molecule has 9 nitrogen and oxygen atoms in total. The van der Waals surface area contributed by atoms with Crippen LogP contribution in [0.2, 0.25) is 0 Å². The maximum Gasteiger partial charge on any atom is 0.273 e. The number of nitro benzene ring substituents is 1. The molecule has 0 aliphatic rings. The van der Waals surface area contributed by atoms with Crippen molar-refractivity contribution in [3.05, 3.63) is 81.0 Å². The quantitative estimate of drug-likeness (QED) is 0.361. The first-order valence-corrected chi connectivity index (χ1v) is 11.8. The van der Waals surface area contributed by atoms with E-state index in [0.717, 1.165) is 16.9 Å². The molecule has 1 aromatic heterocycles. The molecule has 2 aromatic carbocycles. The Kier molecular flexibility index (Phi) is 7.62. The van der Waals surface area contributed by atoms with Crippen molar-refractivity contribution in [2.75, 3.05) is 11.9 Å². The summed E-state index contributed by atoms with van der Waals surface area (Å²) in [6.45, 7) is 13.1. The Morgan fingerprint density at radius 2 is 1.72 bits per heavy atom. The number of carbonyl (C=O) groups excluding carboxylic acids is 2. The van der Waals surface area contributed by atoms with Crippen molar-refractivity contribution in [1.82, 2.24) is 14.7 Å². The van der Waals surface area contributed by atoms with Crippen molar-refractivity contribution in [2.24, 2.45) is 0 Å². The number of nitro groups is 1. The molecule has 0 saturated heterocycles. The monoisotopic (exact) mass is 491 g/mol. The second-order valence-electron chi connectivity index (χ2n) is 10.2. The highest BCUT2D eigenvalue weighted by Gasteiger charge is 2.26. The minimum absolute atomic E-state index is 0.134. The molecule has 0 spiro atoms. The molecule has 1 heterocycles. The lowest BCUT2D eigenvalue weighted by Gasteiger charge is -2.26. The second-order valence-corrected chi connectivity index (χ2v) is 10.2. The first-order chi connectivity index (χ1) is 16.8. The minimum Gasteiger partial charge on any atom is -0.327 e. The number of rotatable bonds is 7. The van der Waals surface area contributed by atoms with Gasteiger partial charge in [-0.15, -0.1) is 0 Å². The molecule has 0 saturated carbocycles. The van der Waals surface area contributed by atoms with Gasteiger partial charge in [-0.25, -0.2) is 4.68 Å². The van der Waals surface area contributed by atoms with Gasteiger partial charge in [0.15, 0.2) is 0 Å². The molecule has 36 heavy (non-hydrogen) atoms. The van der Waals surface area contributed by atoms with E-state index in [-0.39, 0.29) is 29.3 Å². The highest BCUT2D eigenvalue weighted by Crippen LogP contribution is 2.27. The summed E-state index contributed by atoms with van der Waals surface area (Å²) < 4.78 is 1.68. The summed E-state index contributed by atoms with van der Waals surface area (Å²) >= 11 is 0. The smallest absolute Gasteiger partial charge is 0.273 e. The van der Waals surface area contributed by atoms with E-state index in [1.165, 1.54) is 17.0 Å². The highest BCUT2D eigenvalue weighted by molar-refractivity contribution is 5.99. The van der Waals surface area contributed by atoms with Crippen LogP contribution >= 0.6 is 0 Å². The molecule has 0 atom stereocenters. The molecule has 3 aromatic rings. The molecule has 9 heteroatoms. The van der Waals surface area contributed by atoms with Crippen LogP contribution in [0, 0.1) is 24.0 Å². The zero-order valence-corrected chi connectivity index (χ0v) is 21.8. The molecule has 0 bridgehead atoms. The topological polar surface area (TPSA) is 110 Å². The normalized spacial score (nSPS) is 11.4. The molecule has 3 rings (SSSR count). The lowest BCUT2D eigenvalue weighted by molar-refractivity contribution is -0.385. The Labute approximate surface area is 211 Å². The van der Waals surface area contributed by atoms with E-state index in [2.05, 4.69) is 5.32 Å².